The number of benzene rings is 1. The van der Waals surface area contributed by atoms with Gasteiger partial charge in [0, 0.05) is 6.92 Å². The van der Waals surface area contributed by atoms with E-state index in [2.05, 4.69) is 4.74 Å². The van der Waals surface area contributed by atoms with Gasteiger partial charge in [0.1, 0.15) is 0 Å². The number of nitrogens with one attached hydrogen (secondary N) is 1. The molecule has 0 fully saturated rings. The Balaban J connectivity index is 2.42. The smallest absolute Gasteiger partial charge is 0.338 e. The number of ether oxygens (including phenoxy) is 1. The number of imide groups is 1. The summed E-state index contributed by atoms with van der Waals surface area (Å²) in [5.74, 6) is -1.73. The normalized spacial score (nSPS) is 9.31. The zero-order valence-corrected chi connectivity index (χ0v) is 8.73. The lowest BCUT2D eigenvalue weighted by Gasteiger charge is -2.03. The van der Waals surface area contributed by atoms with Gasteiger partial charge in [-0.2, -0.15) is 0 Å². The van der Waals surface area contributed by atoms with Gasteiger partial charge < -0.3 is 4.74 Å². The molecule has 1 aromatic rings. The summed E-state index contributed by atoms with van der Waals surface area (Å²) < 4.78 is 4.69. The topological polar surface area (TPSA) is 72.5 Å². The molecule has 0 heterocycles. The minimum absolute atomic E-state index is 0.359. The number of carbonyl (C=O) groups excluding carboxylic acids is 3. The van der Waals surface area contributed by atoms with Crippen molar-refractivity contribution < 1.29 is 19.1 Å². The molecule has 0 aliphatic rings. The van der Waals surface area contributed by atoms with Crippen LogP contribution in [0.3, 0.4) is 0 Å². The van der Waals surface area contributed by atoms with E-state index in [1.807, 2.05) is 5.32 Å². The van der Waals surface area contributed by atoms with E-state index in [1.165, 1.54) is 6.92 Å². The maximum absolute atomic E-state index is 11.3. The number of amides is 2. The lowest BCUT2D eigenvalue weighted by molar-refractivity contribution is -0.131. The van der Waals surface area contributed by atoms with Gasteiger partial charge in [-0.25, -0.2) is 4.79 Å². The molecule has 0 atom stereocenters. The number of esters is 1. The van der Waals surface area contributed by atoms with E-state index >= 15 is 0 Å². The fourth-order valence-electron chi connectivity index (χ4n) is 1.02. The van der Waals surface area contributed by atoms with E-state index in [1.54, 1.807) is 30.3 Å². The Hall–Kier alpha value is -2.17. The highest BCUT2D eigenvalue weighted by Crippen LogP contribution is 2.00. The predicted octanol–water partition coefficient (Wildman–Crippen LogP) is 0.506. The van der Waals surface area contributed by atoms with Crippen LogP contribution in [-0.2, 0) is 14.3 Å². The van der Waals surface area contributed by atoms with Crippen LogP contribution in [0.15, 0.2) is 30.3 Å². The van der Waals surface area contributed by atoms with E-state index < -0.39 is 24.4 Å². The van der Waals surface area contributed by atoms with Crippen molar-refractivity contribution >= 4 is 17.8 Å². The molecule has 0 saturated carbocycles. The largest absolute Gasteiger partial charge is 0.452 e. The standard InChI is InChI=1S/C11H11NO4/c1-8(13)12-10(14)7-16-11(15)9-5-3-2-4-6-9/h2-6H,7H2,1H3,(H,12,13,14). The Morgan fingerprint density at radius 3 is 2.38 bits per heavy atom. The monoisotopic (exact) mass is 221 g/mol. The van der Waals surface area contributed by atoms with Crippen molar-refractivity contribution in [2.45, 2.75) is 6.92 Å². The summed E-state index contributed by atoms with van der Waals surface area (Å²) in [7, 11) is 0. The van der Waals surface area contributed by atoms with E-state index in [-0.39, 0.29) is 0 Å². The minimum atomic E-state index is -0.642. The first-order valence-corrected chi connectivity index (χ1v) is 4.62. The van der Waals surface area contributed by atoms with Crippen LogP contribution in [-0.4, -0.2) is 24.4 Å². The van der Waals surface area contributed by atoms with Crippen LogP contribution in [0.1, 0.15) is 17.3 Å². The van der Waals surface area contributed by atoms with Gasteiger partial charge in [0.25, 0.3) is 5.91 Å². The lowest BCUT2D eigenvalue weighted by atomic mass is 10.2. The molecular formula is C11H11NO4. The second-order valence-electron chi connectivity index (χ2n) is 3.05. The van der Waals surface area contributed by atoms with Crippen molar-refractivity contribution in [2.24, 2.45) is 0 Å². The molecule has 1 rings (SSSR count). The van der Waals surface area contributed by atoms with Gasteiger partial charge in [-0.3, -0.25) is 14.9 Å². The second-order valence-corrected chi connectivity index (χ2v) is 3.05. The molecule has 1 aromatic carbocycles. The summed E-state index contributed by atoms with van der Waals surface area (Å²) in [6, 6.07) is 8.29. The molecule has 0 aliphatic heterocycles. The Morgan fingerprint density at radius 1 is 1.19 bits per heavy atom. The SMILES string of the molecule is CC(=O)NC(=O)COC(=O)c1ccccc1. The average Bonchev–Trinajstić information content (AvgIpc) is 2.26. The highest BCUT2D eigenvalue weighted by atomic mass is 16.5. The van der Waals surface area contributed by atoms with Crippen molar-refractivity contribution in [1.29, 1.82) is 0 Å². The second kappa shape index (κ2) is 5.65. The summed E-state index contributed by atoms with van der Waals surface area (Å²) in [6.07, 6.45) is 0. The molecule has 84 valence electrons. The van der Waals surface area contributed by atoms with Gasteiger partial charge in [0.05, 0.1) is 5.56 Å². The molecule has 16 heavy (non-hydrogen) atoms. The Bertz CT molecular complexity index is 400. The zero-order valence-electron chi connectivity index (χ0n) is 8.73. The van der Waals surface area contributed by atoms with Crippen molar-refractivity contribution in [2.75, 3.05) is 6.61 Å². The highest BCUT2D eigenvalue weighted by molar-refractivity contribution is 5.96. The molecule has 0 spiro atoms. The molecule has 0 bridgehead atoms. The summed E-state index contributed by atoms with van der Waals surface area (Å²) in [6.45, 7) is 0.740. The van der Waals surface area contributed by atoms with Gasteiger partial charge >= 0.3 is 5.97 Å². The van der Waals surface area contributed by atoms with Gasteiger partial charge in [-0.05, 0) is 12.1 Å². The van der Waals surface area contributed by atoms with E-state index in [0.717, 1.165) is 0 Å². The first kappa shape index (κ1) is 11.9. The van der Waals surface area contributed by atoms with Crippen LogP contribution < -0.4 is 5.32 Å². The number of hydrogen-bond donors (Lipinski definition) is 1. The maximum Gasteiger partial charge on any atom is 0.338 e. The molecule has 0 saturated heterocycles. The van der Waals surface area contributed by atoms with Crippen LogP contribution in [0.5, 0.6) is 0 Å². The molecule has 0 unspecified atom stereocenters. The van der Waals surface area contributed by atoms with Crippen molar-refractivity contribution in [3.63, 3.8) is 0 Å². The predicted molar refractivity (Wildman–Crippen MR) is 55.5 cm³/mol. The molecule has 2 amide bonds. The van der Waals surface area contributed by atoms with Gasteiger partial charge in [0.2, 0.25) is 5.91 Å². The first-order valence-electron chi connectivity index (χ1n) is 4.62. The molecule has 5 heteroatoms. The van der Waals surface area contributed by atoms with Crippen LogP contribution in [0.2, 0.25) is 0 Å². The average molecular weight is 221 g/mol. The molecule has 0 aliphatic carbocycles. The first-order chi connectivity index (χ1) is 7.59. The quantitative estimate of drug-likeness (QED) is 0.754. The fourth-order valence-corrected chi connectivity index (χ4v) is 1.02. The third-order valence-corrected chi connectivity index (χ3v) is 1.66. The number of rotatable bonds is 3. The Morgan fingerprint density at radius 2 is 1.81 bits per heavy atom. The third kappa shape index (κ3) is 3.91. The number of hydrogen-bond acceptors (Lipinski definition) is 4. The van der Waals surface area contributed by atoms with E-state index in [0.29, 0.717) is 5.56 Å². The summed E-state index contributed by atoms with van der Waals surface area (Å²) in [5, 5.41) is 1.99. The van der Waals surface area contributed by atoms with Crippen LogP contribution >= 0.6 is 0 Å². The molecule has 1 N–H and O–H groups in total. The zero-order chi connectivity index (χ0) is 12.0. The fraction of sp³-hybridized carbons (Fsp3) is 0.182. The molecule has 5 nitrogen and oxygen atoms in total. The van der Waals surface area contributed by atoms with Gasteiger partial charge in [0.15, 0.2) is 6.61 Å². The van der Waals surface area contributed by atoms with Crippen LogP contribution in [0, 0.1) is 0 Å². The van der Waals surface area contributed by atoms with Crippen molar-refractivity contribution in [3.8, 4) is 0 Å². The lowest BCUT2D eigenvalue weighted by Crippen LogP contribution is -2.32. The van der Waals surface area contributed by atoms with E-state index in [9.17, 15) is 14.4 Å². The van der Waals surface area contributed by atoms with Gasteiger partial charge in [-0.15, -0.1) is 0 Å². The summed E-state index contributed by atoms with van der Waals surface area (Å²) >= 11 is 0. The van der Waals surface area contributed by atoms with Crippen molar-refractivity contribution in [3.05, 3.63) is 35.9 Å². The Labute approximate surface area is 92.4 Å². The summed E-state index contributed by atoms with van der Waals surface area (Å²) in [5.41, 5.74) is 0.359. The summed E-state index contributed by atoms with van der Waals surface area (Å²) in [4.78, 5) is 32.8. The van der Waals surface area contributed by atoms with E-state index in [4.69, 9.17) is 0 Å². The number of carbonyl (C=O) groups is 3. The minimum Gasteiger partial charge on any atom is -0.452 e. The highest BCUT2D eigenvalue weighted by Gasteiger charge is 2.09. The van der Waals surface area contributed by atoms with Crippen LogP contribution in [0.4, 0.5) is 0 Å². The maximum atomic E-state index is 11.3. The Kier molecular flexibility index (Phi) is 4.20. The van der Waals surface area contributed by atoms with Gasteiger partial charge in [-0.1, -0.05) is 18.2 Å². The van der Waals surface area contributed by atoms with Crippen LogP contribution in [0.25, 0.3) is 0 Å². The van der Waals surface area contributed by atoms with Crippen molar-refractivity contribution in [1.82, 2.24) is 5.32 Å². The molecular weight excluding hydrogens is 210 g/mol. The third-order valence-electron chi connectivity index (χ3n) is 1.66. The molecule has 0 aromatic heterocycles. The molecule has 0 radical (unpaired) electrons.